The molecule has 0 bridgehead atoms. The lowest BCUT2D eigenvalue weighted by atomic mass is 9.75. The van der Waals surface area contributed by atoms with E-state index in [9.17, 15) is 0 Å². The predicted molar refractivity (Wildman–Crippen MR) is 61.6 cm³/mol. The van der Waals surface area contributed by atoms with Crippen LogP contribution < -0.4 is 0 Å². The second-order valence-corrected chi connectivity index (χ2v) is 4.72. The molecule has 1 aromatic rings. The molecule has 1 aromatic carbocycles. The van der Waals surface area contributed by atoms with Crippen LogP contribution in [0.3, 0.4) is 0 Å². The van der Waals surface area contributed by atoms with Crippen molar-refractivity contribution in [3.8, 4) is 0 Å². The second-order valence-electron chi connectivity index (χ2n) is 4.72. The van der Waals surface area contributed by atoms with Crippen molar-refractivity contribution in [2.45, 2.75) is 45.4 Å². The molecule has 14 heavy (non-hydrogen) atoms. The summed E-state index contributed by atoms with van der Waals surface area (Å²) in [5.74, 6) is 1.70. The summed E-state index contributed by atoms with van der Waals surface area (Å²) in [6, 6.07) is 8.90. The smallest absolute Gasteiger partial charge is 0.0134 e. The van der Waals surface area contributed by atoms with Crippen molar-refractivity contribution in [1.29, 1.82) is 0 Å². The van der Waals surface area contributed by atoms with Gasteiger partial charge in [-0.25, -0.2) is 0 Å². The molecule has 2 atom stereocenters. The van der Waals surface area contributed by atoms with E-state index in [1.165, 1.54) is 31.2 Å². The van der Waals surface area contributed by atoms with Crippen molar-refractivity contribution in [3.63, 3.8) is 0 Å². The summed E-state index contributed by atoms with van der Waals surface area (Å²) in [5.41, 5.74) is 3.07. The summed E-state index contributed by atoms with van der Waals surface area (Å²) in [6.07, 6.45) is 5.66. The number of rotatable bonds is 1. The summed E-state index contributed by atoms with van der Waals surface area (Å²) < 4.78 is 0. The third-order valence-corrected chi connectivity index (χ3v) is 3.70. The highest BCUT2D eigenvalue weighted by molar-refractivity contribution is 5.29. The predicted octanol–water partition coefficient (Wildman–Crippen LogP) is 4.29. The zero-order chi connectivity index (χ0) is 9.97. The van der Waals surface area contributed by atoms with E-state index < -0.39 is 0 Å². The van der Waals surface area contributed by atoms with Crippen LogP contribution in [0.1, 0.15) is 49.7 Å². The van der Waals surface area contributed by atoms with E-state index in [1.807, 2.05) is 0 Å². The minimum absolute atomic E-state index is 0.824. The number of benzene rings is 1. The van der Waals surface area contributed by atoms with Gasteiger partial charge in [0.25, 0.3) is 0 Å². The molecule has 0 amide bonds. The van der Waals surface area contributed by atoms with Crippen molar-refractivity contribution in [2.75, 3.05) is 0 Å². The minimum Gasteiger partial charge on any atom is -0.0620 e. The van der Waals surface area contributed by atoms with Gasteiger partial charge in [0, 0.05) is 0 Å². The van der Waals surface area contributed by atoms with Crippen LogP contribution in [0.25, 0.3) is 0 Å². The molecule has 1 saturated carbocycles. The molecule has 1 aliphatic rings. The highest BCUT2D eigenvalue weighted by Gasteiger charge is 2.23. The largest absolute Gasteiger partial charge is 0.0620 e. The Labute approximate surface area is 87.3 Å². The molecule has 0 aliphatic heterocycles. The molecule has 0 saturated heterocycles. The first-order chi connectivity index (χ1) is 6.79. The Kier molecular flexibility index (Phi) is 2.90. The molecule has 2 rings (SSSR count). The number of hydrogen-bond donors (Lipinski definition) is 0. The van der Waals surface area contributed by atoms with Crippen LogP contribution in [0.4, 0.5) is 0 Å². The van der Waals surface area contributed by atoms with Crippen molar-refractivity contribution in [1.82, 2.24) is 0 Å². The Morgan fingerprint density at radius 2 is 1.79 bits per heavy atom. The quantitative estimate of drug-likeness (QED) is 0.616. The minimum atomic E-state index is 0.824. The van der Waals surface area contributed by atoms with Crippen LogP contribution in [0, 0.1) is 12.8 Å². The van der Waals surface area contributed by atoms with Gasteiger partial charge >= 0.3 is 0 Å². The zero-order valence-electron chi connectivity index (χ0n) is 9.29. The van der Waals surface area contributed by atoms with Gasteiger partial charge in [-0.3, -0.25) is 0 Å². The van der Waals surface area contributed by atoms with Crippen LogP contribution in [0.15, 0.2) is 24.3 Å². The first-order valence-corrected chi connectivity index (χ1v) is 5.84. The second kappa shape index (κ2) is 4.16. The van der Waals surface area contributed by atoms with E-state index >= 15 is 0 Å². The molecule has 1 aliphatic carbocycles. The molecule has 0 heterocycles. The van der Waals surface area contributed by atoms with E-state index in [4.69, 9.17) is 0 Å². The topological polar surface area (TPSA) is 0 Å². The average molecular weight is 188 g/mol. The molecule has 0 spiro atoms. The van der Waals surface area contributed by atoms with E-state index in [-0.39, 0.29) is 0 Å². The van der Waals surface area contributed by atoms with E-state index in [1.54, 1.807) is 5.56 Å². The molecule has 0 nitrogen and oxygen atoms in total. The molecule has 0 radical (unpaired) electrons. The highest BCUT2D eigenvalue weighted by atomic mass is 14.3. The summed E-state index contributed by atoms with van der Waals surface area (Å²) in [5, 5.41) is 0. The van der Waals surface area contributed by atoms with Crippen LogP contribution >= 0.6 is 0 Å². The van der Waals surface area contributed by atoms with Gasteiger partial charge in [0.15, 0.2) is 0 Å². The van der Waals surface area contributed by atoms with Gasteiger partial charge in [-0.1, -0.05) is 50.5 Å². The molecular formula is C14H20. The van der Waals surface area contributed by atoms with Crippen LogP contribution in [-0.4, -0.2) is 0 Å². The normalized spacial score (nSPS) is 27.6. The third-order valence-electron chi connectivity index (χ3n) is 3.70. The van der Waals surface area contributed by atoms with Gasteiger partial charge in [-0.2, -0.15) is 0 Å². The molecule has 76 valence electrons. The Morgan fingerprint density at radius 3 is 2.50 bits per heavy atom. The molecule has 0 N–H and O–H groups in total. The van der Waals surface area contributed by atoms with Gasteiger partial charge in [0.1, 0.15) is 0 Å². The SMILES string of the molecule is Cc1ccccc1[C@@H]1CCCC[C@H]1C. The fraction of sp³-hybridized carbons (Fsp3) is 0.571. The monoisotopic (exact) mass is 188 g/mol. The summed E-state index contributed by atoms with van der Waals surface area (Å²) >= 11 is 0. The number of hydrogen-bond acceptors (Lipinski definition) is 0. The van der Waals surface area contributed by atoms with Crippen molar-refractivity contribution >= 4 is 0 Å². The lowest BCUT2D eigenvalue weighted by Gasteiger charge is -2.30. The lowest BCUT2D eigenvalue weighted by Crippen LogP contribution is -2.15. The van der Waals surface area contributed by atoms with E-state index in [0.29, 0.717) is 0 Å². The van der Waals surface area contributed by atoms with Crippen LogP contribution in [0.5, 0.6) is 0 Å². The van der Waals surface area contributed by atoms with Gasteiger partial charge in [0.2, 0.25) is 0 Å². The van der Waals surface area contributed by atoms with E-state index in [0.717, 1.165) is 11.8 Å². The maximum absolute atomic E-state index is 2.41. The molecule has 0 heteroatoms. The van der Waals surface area contributed by atoms with Gasteiger partial charge < -0.3 is 0 Å². The Morgan fingerprint density at radius 1 is 1.07 bits per heavy atom. The summed E-state index contributed by atoms with van der Waals surface area (Å²) in [6.45, 7) is 4.66. The maximum Gasteiger partial charge on any atom is -0.0134 e. The molecule has 0 unspecified atom stereocenters. The van der Waals surface area contributed by atoms with Gasteiger partial charge in [-0.15, -0.1) is 0 Å². The van der Waals surface area contributed by atoms with E-state index in [2.05, 4.69) is 38.1 Å². The summed E-state index contributed by atoms with van der Waals surface area (Å²) in [7, 11) is 0. The van der Waals surface area contributed by atoms with Crippen LogP contribution in [-0.2, 0) is 0 Å². The van der Waals surface area contributed by atoms with Crippen molar-refractivity contribution in [3.05, 3.63) is 35.4 Å². The van der Waals surface area contributed by atoms with Gasteiger partial charge in [-0.05, 0) is 36.3 Å². The highest BCUT2D eigenvalue weighted by Crippen LogP contribution is 2.38. The Bertz CT molecular complexity index is 301. The maximum atomic E-state index is 2.41. The third kappa shape index (κ3) is 1.84. The van der Waals surface area contributed by atoms with Crippen molar-refractivity contribution < 1.29 is 0 Å². The van der Waals surface area contributed by atoms with Crippen molar-refractivity contribution in [2.24, 2.45) is 5.92 Å². The fourth-order valence-electron chi connectivity index (χ4n) is 2.78. The lowest BCUT2D eigenvalue weighted by molar-refractivity contribution is 0.330. The fourth-order valence-corrected chi connectivity index (χ4v) is 2.78. The Balaban J connectivity index is 2.25. The zero-order valence-corrected chi connectivity index (χ0v) is 9.29. The van der Waals surface area contributed by atoms with Gasteiger partial charge in [0.05, 0.1) is 0 Å². The summed E-state index contributed by atoms with van der Waals surface area (Å²) in [4.78, 5) is 0. The average Bonchev–Trinajstić information content (AvgIpc) is 2.20. The first kappa shape index (κ1) is 9.76. The first-order valence-electron chi connectivity index (χ1n) is 5.84. The number of aryl methyl sites for hydroxylation is 1. The molecular weight excluding hydrogens is 168 g/mol. The standard InChI is InChI=1S/C14H20/c1-11-7-3-5-9-13(11)14-10-6-4-8-12(14)2/h3,5,7,9,12,14H,4,6,8,10H2,1-2H3/t12-,14-/m1/s1. The Hall–Kier alpha value is -0.780. The van der Waals surface area contributed by atoms with Crippen LogP contribution in [0.2, 0.25) is 0 Å². The molecule has 1 fully saturated rings. The molecule has 0 aromatic heterocycles.